The zero-order valence-electron chi connectivity index (χ0n) is 8.56. The van der Waals surface area contributed by atoms with Crippen LogP contribution in [0.25, 0.3) is 0 Å². The number of nitrogens with zero attached hydrogens (tertiary/aromatic N) is 2. The zero-order chi connectivity index (χ0) is 11.6. The van der Waals surface area contributed by atoms with Gasteiger partial charge in [0.1, 0.15) is 11.5 Å². The van der Waals surface area contributed by atoms with Crippen LogP contribution in [-0.4, -0.2) is 23.3 Å². The molecule has 0 saturated carbocycles. The van der Waals surface area contributed by atoms with Gasteiger partial charge in [-0.2, -0.15) is 5.26 Å². The molecule has 0 spiro atoms. The van der Waals surface area contributed by atoms with Gasteiger partial charge in [-0.05, 0) is 28.4 Å². The van der Waals surface area contributed by atoms with Crippen LogP contribution in [0.4, 0.5) is 0 Å². The number of hydrogen-bond donors (Lipinski definition) is 1. The first-order chi connectivity index (χ1) is 7.68. The van der Waals surface area contributed by atoms with Crippen LogP contribution in [0, 0.1) is 16.7 Å². The van der Waals surface area contributed by atoms with Crippen molar-refractivity contribution >= 4 is 15.9 Å². The third kappa shape index (κ3) is 1.96. The predicted octanol–water partition coefficient (Wildman–Crippen LogP) is 1.81. The fourth-order valence-electron chi connectivity index (χ4n) is 1.84. The molecule has 0 aliphatic carbocycles. The first-order valence-corrected chi connectivity index (χ1v) is 5.75. The number of rotatable bonds is 2. The SMILES string of the molecule is N#CC1(C(O)c2cncc(Br)c2)CCOC1. The quantitative estimate of drug-likeness (QED) is 0.898. The van der Waals surface area contributed by atoms with Crippen molar-refractivity contribution in [3.05, 3.63) is 28.5 Å². The van der Waals surface area contributed by atoms with E-state index in [1.807, 2.05) is 0 Å². The van der Waals surface area contributed by atoms with Crippen LogP contribution in [0.5, 0.6) is 0 Å². The van der Waals surface area contributed by atoms with Gasteiger partial charge in [0.15, 0.2) is 0 Å². The highest BCUT2D eigenvalue weighted by Gasteiger charge is 2.43. The minimum atomic E-state index is -0.856. The lowest BCUT2D eigenvalue weighted by molar-refractivity contribution is 0.0501. The Morgan fingerprint density at radius 3 is 3.00 bits per heavy atom. The molecule has 1 aliphatic rings. The highest BCUT2D eigenvalue weighted by atomic mass is 79.9. The monoisotopic (exact) mass is 282 g/mol. The molecule has 1 fully saturated rings. The topological polar surface area (TPSA) is 66.1 Å². The van der Waals surface area contributed by atoms with E-state index in [0.717, 1.165) is 4.47 Å². The molecule has 2 heterocycles. The Balaban J connectivity index is 2.31. The molecule has 1 N–H and O–H groups in total. The van der Waals surface area contributed by atoms with Gasteiger partial charge in [0.25, 0.3) is 0 Å². The maximum absolute atomic E-state index is 10.2. The third-order valence-corrected chi connectivity index (χ3v) is 3.27. The number of hydrogen-bond acceptors (Lipinski definition) is 4. The summed E-state index contributed by atoms with van der Waals surface area (Å²) in [5, 5.41) is 19.4. The number of halogens is 1. The van der Waals surface area contributed by atoms with Gasteiger partial charge in [0, 0.05) is 29.0 Å². The van der Waals surface area contributed by atoms with Crippen LogP contribution in [0.15, 0.2) is 22.9 Å². The van der Waals surface area contributed by atoms with E-state index < -0.39 is 11.5 Å². The van der Waals surface area contributed by atoms with Gasteiger partial charge in [-0.15, -0.1) is 0 Å². The van der Waals surface area contributed by atoms with E-state index in [2.05, 4.69) is 27.0 Å². The molecule has 1 aromatic heterocycles. The Kier molecular flexibility index (Phi) is 3.24. The molecule has 84 valence electrons. The zero-order valence-corrected chi connectivity index (χ0v) is 10.1. The molecule has 2 unspecified atom stereocenters. The summed E-state index contributed by atoms with van der Waals surface area (Å²) in [5.41, 5.74) is -0.191. The number of aliphatic hydroxyl groups excluding tert-OH is 1. The second-order valence-electron chi connectivity index (χ2n) is 3.91. The van der Waals surface area contributed by atoms with Crippen molar-refractivity contribution in [2.75, 3.05) is 13.2 Å². The van der Waals surface area contributed by atoms with E-state index in [1.54, 1.807) is 18.5 Å². The molecule has 4 nitrogen and oxygen atoms in total. The highest BCUT2D eigenvalue weighted by molar-refractivity contribution is 9.10. The van der Waals surface area contributed by atoms with Crippen LogP contribution < -0.4 is 0 Å². The Hall–Kier alpha value is -0.960. The standard InChI is InChI=1S/C11H11BrN2O2/c12-9-3-8(4-14-5-9)10(15)11(6-13)1-2-16-7-11/h3-5,10,15H,1-2,7H2. The highest BCUT2D eigenvalue weighted by Crippen LogP contribution is 2.40. The molecule has 2 rings (SSSR count). The van der Waals surface area contributed by atoms with Crippen LogP contribution in [-0.2, 0) is 4.74 Å². The first kappa shape index (κ1) is 11.5. The summed E-state index contributed by atoms with van der Waals surface area (Å²) in [6, 6.07) is 3.95. The smallest absolute Gasteiger partial charge is 0.113 e. The molecule has 2 atom stereocenters. The summed E-state index contributed by atoms with van der Waals surface area (Å²) in [5.74, 6) is 0. The van der Waals surface area contributed by atoms with E-state index in [4.69, 9.17) is 4.74 Å². The van der Waals surface area contributed by atoms with Gasteiger partial charge >= 0.3 is 0 Å². The number of ether oxygens (including phenoxy) is 1. The van der Waals surface area contributed by atoms with Crippen LogP contribution >= 0.6 is 15.9 Å². The average Bonchev–Trinajstić information content (AvgIpc) is 2.78. The Morgan fingerprint density at radius 2 is 2.44 bits per heavy atom. The van der Waals surface area contributed by atoms with E-state index in [-0.39, 0.29) is 6.61 Å². The number of aliphatic hydroxyl groups is 1. The summed E-state index contributed by atoms with van der Waals surface area (Å²) >= 11 is 3.29. The maximum atomic E-state index is 10.2. The number of nitriles is 1. The van der Waals surface area contributed by atoms with Crippen molar-refractivity contribution in [2.45, 2.75) is 12.5 Å². The van der Waals surface area contributed by atoms with Gasteiger partial charge < -0.3 is 9.84 Å². The van der Waals surface area contributed by atoms with Gasteiger partial charge in [-0.25, -0.2) is 0 Å². The average molecular weight is 283 g/mol. The summed E-state index contributed by atoms with van der Waals surface area (Å²) in [6.45, 7) is 0.795. The molecule has 16 heavy (non-hydrogen) atoms. The largest absolute Gasteiger partial charge is 0.387 e. The van der Waals surface area contributed by atoms with Crippen molar-refractivity contribution in [1.82, 2.24) is 4.98 Å². The van der Waals surface area contributed by atoms with Crippen molar-refractivity contribution in [3.63, 3.8) is 0 Å². The van der Waals surface area contributed by atoms with Gasteiger partial charge in [-0.3, -0.25) is 4.98 Å². The van der Waals surface area contributed by atoms with Crippen LogP contribution in [0.3, 0.4) is 0 Å². The predicted molar refractivity (Wildman–Crippen MR) is 60.4 cm³/mol. The molecule has 0 bridgehead atoms. The summed E-state index contributed by atoms with van der Waals surface area (Å²) in [6.07, 6.45) is 2.91. The molecule has 0 radical (unpaired) electrons. The lowest BCUT2D eigenvalue weighted by Gasteiger charge is -2.25. The Bertz CT molecular complexity index is 424. The van der Waals surface area contributed by atoms with Crippen molar-refractivity contribution in [3.8, 4) is 6.07 Å². The van der Waals surface area contributed by atoms with E-state index in [9.17, 15) is 10.4 Å². The number of pyridine rings is 1. The molecule has 0 aromatic carbocycles. The van der Waals surface area contributed by atoms with Crippen LogP contribution in [0.1, 0.15) is 18.1 Å². The number of aromatic nitrogens is 1. The van der Waals surface area contributed by atoms with E-state index in [1.165, 1.54) is 0 Å². The molecular weight excluding hydrogens is 272 g/mol. The molecule has 1 aromatic rings. The minimum absolute atomic E-state index is 0.275. The maximum Gasteiger partial charge on any atom is 0.113 e. The third-order valence-electron chi connectivity index (χ3n) is 2.84. The minimum Gasteiger partial charge on any atom is -0.387 e. The van der Waals surface area contributed by atoms with Crippen LogP contribution in [0.2, 0.25) is 0 Å². The summed E-state index contributed by atoms with van der Waals surface area (Å²) in [7, 11) is 0. The molecule has 1 aliphatic heterocycles. The normalized spacial score (nSPS) is 26.3. The fourth-order valence-corrected chi connectivity index (χ4v) is 2.23. The second kappa shape index (κ2) is 4.50. The van der Waals surface area contributed by atoms with Crippen molar-refractivity contribution in [1.29, 1.82) is 5.26 Å². The summed E-state index contributed by atoms with van der Waals surface area (Å²) < 4.78 is 6.00. The fraction of sp³-hybridized carbons (Fsp3) is 0.455. The van der Waals surface area contributed by atoms with Gasteiger partial charge in [-0.1, -0.05) is 0 Å². The Morgan fingerprint density at radius 1 is 1.62 bits per heavy atom. The molecular formula is C11H11BrN2O2. The van der Waals surface area contributed by atoms with E-state index >= 15 is 0 Å². The lowest BCUT2D eigenvalue weighted by Crippen LogP contribution is -2.27. The van der Waals surface area contributed by atoms with E-state index in [0.29, 0.717) is 18.6 Å². The first-order valence-electron chi connectivity index (χ1n) is 4.95. The lowest BCUT2D eigenvalue weighted by atomic mass is 9.80. The van der Waals surface area contributed by atoms with Crippen molar-refractivity contribution in [2.24, 2.45) is 5.41 Å². The molecule has 5 heteroatoms. The summed E-state index contributed by atoms with van der Waals surface area (Å²) in [4.78, 5) is 3.98. The van der Waals surface area contributed by atoms with Gasteiger partial charge in [0.2, 0.25) is 0 Å². The van der Waals surface area contributed by atoms with Gasteiger partial charge in [0.05, 0.1) is 12.7 Å². The second-order valence-corrected chi connectivity index (χ2v) is 4.83. The van der Waals surface area contributed by atoms with Crippen molar-refractivity contribution < 1.29 is 9.84 Å². The Labute approximate surface area is 102 Å². The molecule has 1 saturated heterocycles. The molecule has 0 amide bonds.